The number of amides is 1. The molecule has 1 aromatic heterocycles. The number of hydrogen-bond acceptors (Lipinski definition) is 6. The maximum Gasteiger partial charge on any atom is 0.424 e. The van der Waals surface area contributed by atoms with E-state index in [0.29, 0.717) is 20.8 Å². The minimum Gasteiger partial charge on any atom is -0.444 e. The lowest BCUT2D eigenvalue weighted by atomic mass is 10.2. The zero-order chi connectivity index (χ0) is 22.6. The van der Waals surface area contributed by atoms with E-state index in [2.05, 4.69) is 0 Å². The molecular weight excluding hydrogens is 430 g/mol. The van der Waals surface area contributed by atoms with Crippen molar-refractivity contribution in [1.82, 2.24) is 4.31 Å². The first-order valence-corrected chi connectivity index (χ1v) is 11.2. The maximum absolute atomic E-state index is 13.4. The smallest absolute Gasteiger partial charge is 0.424 e. The first kappa shape index (κ1) is 21.3. The minimum atomic E-state index is -4.57. The summed E-state index contributed by atoms with van der Waals surface area (Å²) < 4.78 is 37.8. The van der Waals surface area contributed by atoms with Gasteiger partial charge in [0.1, 0.15) is 12.2 Å². The van der Waals surface area contributed by atoms with E-state index >= 15 is 0 Å². The summed E-state index contributed by atoms with van der Waals surface area (Å²) in [7, 11) is -4.57. The molecule has 1 heterocycles. The summed E-state index contributed by atoms with van der Waals surface area (Å²) in [4.78, 5) is 24.8. The Labute approximate surface area is 184 Å². The zero-order valence-electron chi connectivity index (χ0n) is 16.9. The summed E-state index contributed by atoms with van der Waals surface area (Å²) in [6.07, 6.45) is -1.09. The summed E-state index contributed by atoms with van der Waals surface area (Å²) >= 11 is 0. The van der Waals surface area contributed by atoms with Crippen LogP contribution in [0.5, 0.6) is 0 Å². The van der Waals surface area contributed by atoms with Gasteiger partial charge in [-0.2, -0.15) is 4.31 Å². The standard InChI is InChI=1S/C24H19NO6S/c26-23-22(15-20-13-7-8-14-21(20)31-23)32(28,29)25(16-18-9-3-1-4-10-18)24(27)30-17-19-11-5-2-6-12-19/h1-15H,16-17H2. The Morgan fingerprint density at radius 2 is 1.44 bits per heavy atom. The highest BCUT2D eigenvalue weighted by Crippen LogP contribution is 2.21. The fourth-order valence-electron chi connectivity index (χ4n) is 3.13. The number of carbonyl (C=O) groups is 1. The number of ether oxygens (including phenoxy) is 1. The van der Waals surface area contributed by atoms with Crippen LogP contribution in [0, 0.1) is 0 Å². The maximum atomic E-state index is 13.4. The second-order valence-corrected chi connectivity index (χ2v) is 8.80. The van der Waals surface area contributed by atoms with Crippen LogP contribution >= 0.6 is 0 Å². The molecule has 0 atom stereocenters. The van der Waals surface area contributed by atoms with Crippen LogP contribution in [0.2, 0.25) is 0 Å². The average Bonchev–Trinajstić information content (AvgIpc) is 2.81. The summed E-state index contributed by atoms with van der Waals surface area (Å²) in [6, 6.07) is 25.2. The van der Waals surface area contributed by atoms with Crippen molar-refractivity contribution < 1.29 is 22.4 Å². The SMILES string of the molecule is O=C(OCc1ccccc1)N(Cc1ccccc1)S(=O)(=O)c1cc2ccccc2oc1=O. The molecule has 0 aliphatic carbocycles. The van der Waals surface area contributed by atoms with Crippen molar-refractivity contribution in [1.29, 1.82) is 0 Å². The summed E-state index contributed by atoms with van der Waals surface area (Å²) in [5.74, 6) is 0. The number of para-hydroxylation sites is 1. The van der Waals surface area contributed by atoms with Crippen molar-refractivity contribution in [3.63, 3.8) is 0 Å². The van der Waals surface area contributed by atoms with Crippen LogP contribution in [0.25, 0.3) is 11.0 Å². The van der Waals surface area contributed by atoms with Gasteiger partial charge in [-0.05, 0) is 23.3 Å². The number of carbonyl (C=O) groups excluding carboxylic acids is 1. The molecule has 4 aromatic rings. The van der Waals surface area contributed by atoms with Gasteiger partial charge in [0.25, 0.3) is 10.0 Å². The van der Waals surface area contributed by atoms with E-state index in [0.717, 1.165) is 0 Å². The molecule has 0 spiro atoms. The number of sulfonamides is 1. The highest BCUT2D eigenvalue weighted by molar-refractivity contribution is 7.89. The van der Waals surface area contributed by atoms with E-state index in [1.165, 1.54) is 6.07 Å². The highest BCUT2D eigenvalue weighted by Gasteiger charge is 2.34. The van der Waals surface area contributed by atoms with Gasteiger partial charge in [0, 0.05) is 5.39 Å². The molecule has 0 aliphatic heterocycles. The Hall–Kier alpha value is -3.91. The summed E-state index contributed by atoms with van der Waals surface area (Å²) in [5, 5.41) is 0.419. The minimum absolute atomic E-state index is 0.118. The molecule has 3 aromatic carbocycles. The van der Waals surface area contributed by atoms with E-state index in [-0.39, 0.29) is 18.7 Å². The quantitative estimate of drug-likeness (QED) is 0.407. The van der Waals surface area contributed by atoms with Gasteiger partial charge in [-0.15, -0.1) is 0 Å². The first-order valence-electron chi connectivity index (χ1n) is 9.75. The molecule has 162 valence electrons. The fraction of sp³-hybridized carbons (Fsp3) is 0.0833. The second-order valence-electron chi connectivity index (χ2n) is 6.97. The van der Waals surface area contributed by atoms with Crippen LogP contribution in [0.3, 0.4) is 0 Å². The number of nitrogens with zero attached hydrogens (tertiary/aromatic N) is 1. The van der Waals surface area contributed by atoms with Gasteiger partial charge in [-0.3, -0.25) is 0 Å². The van der Waals surface area contributed by atoms with Crippen molar-refractivity contribution in [2.24, 2.45) is 0 Å². The van der Waals surface area contributed by atoms with Crippen LogP contribution in [0.4, 0.5) is 4.79 Å². The van der Waals surface area contributed by atoms with Gasteiger partial charge in [-0.1, -0.05) is 78.9 Å². The largest absolute Gasteiger partial charge is 0.444 e. The zero-order valence-corrected chi connectivity index (χ0v) is 17.7. The lowest BCUT2D eigenvalue weighted by molar-refractivity contribution is 0.117. The Kier molecular flexibility index (Phi) is 6.04. The number of fused-ring (bicyclic) bond motifs is 1. The third kappa shape index (κ3) is 4.55. The van der Waals surface area contributed by atoms with Gasteiger partial charge in [0.2, 0.25) is 0 Å². The Morgan fingerprint density at radius 3 is 2.12 bits per heavy atom. The lowest BCUT2D eigenvalue weighted by Crippen LogP contribution is -2.38. The van der Waals surface area contributed by atoms with E-state index in [9.17, 15) is 18.0 Å². The van der Waals surface area contributed by atoms with Crippen LogP contribution in [-0.2, 0) is 27.9 Å². The average molecular weight is 449 g/mol. The Morgan fingerprint density at radius 1 is 0.844 bits per heavy atom. The van der Waals surface area contributed by atoms with Crippen molar-refractivity contribution in [2.75, 3.05) is 0 Å². The predicted molar refractivity (Wildman–Crippen MR) is 118 cm³/mol. The molecular formula is C24H19NO6S. The lowest BCUT2D eigenvalue weighted by Gasteiger charge is -2.21. The molecule has 0 saturated carbocycles. The van der Waals surface area contributed by atoms with Gasteiger partial charge >= 0.3 is 11.7 Å². The third-order valence-corrected chi connectivity index (χ3v) is 6.45. The molecule has 0 fully saturated rings. The molecule has 0 radical (unpaired) electrons. The molecule has 0 N–H and O–H groups in total. The van der Waals surface area contributed by atoms with E-state index in [1.54, 1.807) is 78.9 Å². The highest BCUT2D eigenvalue weighted by atomic mass is 32.2. The molecule has 7 nitrogen and oxygen atoms in total. The monoisotopic (exact) mass is 449 g/mol. The van der Waals surface area contributed by atoms with Gasteiger partial charge < -0.3 is 9.15 Å². The third-order valence-electron chi connectivity index (χ3n) is 4.76. The molecule has 0 saturated heterocycles. The topological polar surface area (TPSA) is 93.9 Å². The van der Waals surface area contributed by atoms with Crippen LogP contribution < -0.4 is 5.63 Å². The normalized spacial score (nSPS) is 11.2. The number of hydrogen-bond donors (Lipinski definition) is 0. The van der Waals surface area contributed by atoms with Crippen molar-refractivity contribution in [3.8, 4) is 0 Å². The van der Waals surface area contributed by atoms with Gasteiger partial charge in [0.15, 0.2) is 4.90 Å². The number of benzene rings is 3. The van der Waals surface area contributed by atoms with E-state index < -0.39 is 26.6 Å². The molecule has 8 heteroatoms. The predicted octanol–water partition coefficient (Wildman–Crippen LogP) is 4.32. The molecule has 0 aliphatic rings. The Balaban J connectivity index is 1.72. The molecule has 4 rings (SSSR count). The molecule has 1 amide bonds. The first-order chi connectivity index (χ1) is 15.4. The van der Waals surface area contributed by atoms with E-state index in [1.807, 2.05) is 6.07 Å². The number of rotatable bonds is 6. The van der Waals surface area contributed by atoms with Gasteiger partial charge in [0.05, 0.1) is 6.54 Å². The summed E-state index contributed by atoms with van der Waals surface area (Å²) in [5.41, 5.74) is 0.441. The van der Waals surface area contributed by atoms with Crippen molar-refractivity contribution >= 4 is 27.1 Å². The van der Waals surface area contributed by atoms with Crippen LogP contribution in [0.15, 0.2) is 105 Å². The summed E-state index contributed by atoms with van der Waals surface area (Å²) in [6.45, 7) is -0.421. The van der Waals surface area contributed by atoms with Crippen molar-refractivity contribution in [2.45, 2.75) is 18.0 Å². The van der Waals surface area contributed by atoms with Crippen LogP contribution in [0.1, 0.15) is 11.1 Å². The van der Waals surface area contributed by atoms with Crippen LogP contribution in [-0.4, -0.2) is 18.8 Å². The molecule has 0 unspecified atom stereocenters. The van der Waals surface area contributed by atoms with E-state index in [4.69, 9.17) is 9.15 Å². The fourth-order valence-corrected chi connectivity index (χ4v) is 4.46. The second kappa shape index (κ2) is 9.07. The molecule has 32 heavy (non-hydrogen) atoms. The Bertz CT molecular complexity index is 1400. The van der Waals surface area contributed by atoms with Crippen molar-refractivity contribution in [3.05, 3.63) is 113 Å². The molecule has 0 bridgehead atoms. The van der Waals surface area contributed by atoms with Gasteiger partial charge in [-0.25, -0.2) is 18.0 Å².